The van der Waals surface area contributed by atoms with Crippen molar-refractivity contribution < 1.29 is 14.3 Å². The number of aryl methyl sites for hydroxylation is 1. The maximum atomic E-state index is 12.2. The molecule has 0 spiro atoms. The maximum Gasteiger partial charge on any atom is 0.240 e. The minimum absolute atomic E-state index is 0.0153. The lowest BCUT2D eigenvalue weighted by atomic mass is 10.2. The molecule has 1 N–H and O–H groups in total. The third kappa shape index (κ3) is 5.87. The van der Waals surface area contributed by atoms with Crippen LogP contribution in [0.5, 0.6) is 5.75 Å². The zero-order valence-corrected chi connectivity index (χ0v) is 17.0. The number of amides is 1. The molecule has 0 saturated carbocycles. The van der Waals surface area contributed by atoms with Crippen LogP contribution in [0.4, 0.5) is 5.13 Å². The van der Waals surface area contributed by atoms with Crippen molar-refractivity contribution in [3.63, 3.8) is 0 Å². The van der Waals surface area contributed by atoms with Crippen LogP contribution >= 0.6 is 22.9 Å². The molecule has 1 aliphatic heterocycles. The lowest BCUT2D eigenvalue weighted by Gasteiger charge is -2.16. The summed E-state index contributed by atoms with van der Waals surface area (Å²) in [5.74, 6) is 0.511. The van der Waals surface area contributed by atoms with Gasteiger partial charge in [0.1, 0.15) is 23.5 Å². The number of benzene rings is 1. The van der Waals surface area contributed by atoms with Crippen LogP contribution in [0.25, 0.3) is 0 Å². The van der Waals surface area contributed by atoms with Crippen LogP contribution in [0.2, 0.25) is 5.02 Å². The normalized spacial score (nSPS) is 16.7. The fourth-order valence-electron chi connectivity index (χ4n) is 2.70. The van der Waals surface area contributed by atoms with E-state index in [0.29, 0.717) is 29.1 Å². The third-order valence-electron chi connectivity index (χ3n) is 4.12. The summed E-state index contributed by atoms with van der Waals surface area (Å²) < 4.78 is 11.3. The van der Waals surface area contributed by atoms with Crippen molar-refractivity contribution in [1.82, 2.24) is 15.1 Å². The Kier molecular flexibility index (Phi) is 7.01. The van der Waals surface area contributed by atoms with Crippen LogP contribution in [0.3, 0.4) is 0 Å². The Balaban J connectivity index is 1.39. The van der Waals surface area contributed by atoms with E-state index in [9.17, 15) is 4.79 Å². The largest absolute Gasteiger partial charge is 0.491 e. The standard InChI is InChI=1S/C18H23ClN4O3S/c1-12-5-6-14(13(19)10-12)26-9-7-23(2)11-16(24)20-18-22-21-17(27-18)15-4-3-8-25-15/h5-6,10,15H,3-4,7-9,11H2,1-2H3,(H,20,22,24). The molecule has 9 heteroatoms. The second kappa shape index (κ2) is 9.45. The molecule has 1 aromatic heterocycles. The van der Waals surface area contributed by atoms with Gasteiger partial charge in [0, 0.05) is 13.2 Å². The van der Waals surface area contributed by atoms with Gasteiger partial charge >= 0.3 is 0 Å². The number of anilines is 1. The number of hydrogen-bond acceptors (Lipinski definition) is 7. The SMILES string of the molecule is Cc1ccc(OCCN(C)CC(=O)Nc2nnc(C3CCCO3)s2)c(Cl)c1. The number of carbonyl (C=O) groups is 1. The zero-order valence-electron chi connectivity index (χ0n) is 15.4. The average molecular weight is 411 g/mol. The molecule has 2 heterocycles. The summed E-state index contributed by atoms with van der Waals surface area (Å²) in [5.41, 5.74) is 1.08. The van der Waals surface area contributed by atoms with Crippen LogP contribution in [0, 0.1) is 6.92 Å². The summed E-state index contributed by atoms with van der Waals surface area (Å²) in [6.07, 6.45) is 2.00. The summed E-state index contributed by atoms with van der Waals surface area (Å²) >= 11 is 7.51. The molecule has 7 nitrogen and oxygen atoms in total. The summed E-state index contributed by atoms with van der Waals surface area (Å²) in [6.45, 7) is 4.00. The molecular weight excluding hydrogens is 388 g/mol. The summed E-state index contributed by atoms with van der Waals surface area (Å²) in [5, 5.41) is 12.8. The van der Waals surface area contributed by atoms with Gasteiger partial charge in [-0.3, -0.25) is 15.0 Å². The Labute approximate surface area is 167 Å². The monoisotopic (exact) mass is 410 g/mol. The molecule has 0 bridgehead atoms. The van der Waals surface area contributed by atoms with Crippen molar-refractivity contribution >= 4 is 34.0 Å². The topological polar surface area (TPSA) is 76.6 Å². The van der Waals surface area contributed by atoms with E-state index >= 15 is 0 Å². The van der Waals surface area contributed by atoms with Gasteiger partial charge in [0.25, 0.3) is 0 Å². The smallest absolute Gasteiger partial charge is 0.240 e. The van der Waals surface area contributed by atoms with E-state index < -0.39 is 0 Å². The highest BCUT2D eigenvalue weighted by Gasteiger charge is 2.22. The van der Waals surface area contributed by atoms with Gasteiger partial charge < -0.3 is 9.47 Å². The number of ether oxygens (including phenoxy) is 2. The van der Waals surface area contributed by atoms with Gasteiger partial charge in [0.05, 0.1) is 11.6 Å². The molecule has 1 atom stereocenters. The number of hydrogen-bond donors (Lipinski definition) is 1. The van der Waals surface area contributed by atoms with Crippen molar-refractivity contribution in [3.05, 3.63) is 33.8 Å². The minimum Gasteiger partial charge on any atom is -0.491 e. The van der Waals surface area contributed by atoms with E-state index in [1.807, 2.05) is 37.1 Å². The molecule has 3 rings (SSSR count). The molecule has 0 radical (unpaired) electrons. The quantitative estimate of drug-likeness (QED) is 0.719. The highest BCUT2D eigenvalue weighted by Crippen LogP contribution is 2.31. The minimum atomic E-state index is -0.138. The Morgan fingerprint density at radius 2 is 2.33 bits per heavy atom. The van der Waals surface area contributed by atoms with Gasteiger partial charge in [-0.05, 0) is 44.5 Å². The molecule has 1 unspecified atom stereocenters. The second-order valence-corrected chi connectivity index (χ2v) is 7.93. The van der Waals surface area contributed by atoms with Crippen molar-refractivity contribution in [3.8, 4) is 5.75 Å². The summed E-state index contributed by atoms with van der Waals surface area (Å²) in [7, 11) is 1.86. The number of rotatable bonds is 8. The number of aromatic nitrogens is 2. The maximum absolute atomic E-state index is 12.2. The van der Waals surface area contributed by atoms with Gasteiger partial charge in [-0.15, -0.1) is 10.2 Å². The Morgan fingerprint density at radius 3 is 3.07 bits per heavy atom. The Bertz CT molecular complexity index is 780. The van der Waals surface area contributed by atoms with Gasteiger partial charge in [-0.2, -0.15) is 0 Å². The summed E-state index contributed by atoms with van der Waals surface area (Å²) in [4.78, 5) is 14.0. The first-order chi connectivity index (χ1) is 13.0. The van der Waals surface area contributed by atoms with Crippen LogP contribution in [0.15, 0.2) is 18.2 Å². The molecule has 27 heavy (non-hydrogen) atoms. The van der Waals surface area contributed by atoms with E-state index in [2.05, 4.69) is 15.5 Å². The molecule has 2 aromatic rings. The van der Waals surface area contributed by atoms with Gasteiger partial charge in [0.15, 0.2) is 0 Å². The molecule has 1 aliphatic rings. The molecule has 1 saturated heterocycles. The molecule has 1 amide bonds. The van der Waals surface area contributed by atoms with E-state index in [1.165, 1.54) is 11.3 Å². The highest BCUT2D eigenvalue weighted by atomic mass is 35.5. The van der Waals surface area contributed by atoms with E-state index in [-0.39, 0.29) is 18.6 Å². The molecule has 1 fully saturated rings. The first-order valence-electron chi connectivity index (χ1n) is 8.83. The lowest BCUT2D eigenvalue weighted by Crippen LogP contribution is -2.33. The number of nitrogens with one attached hydrogen (secondary N) is 1. The molecule has 146 valence electrons. The van der Waals surface area contributed by atoms with Crippen molar-refractivity contribution in [2.45, 2.75) is 25.9 Å². The van der Waals surface area contributed by atoms with E-state index in [0.717, 1.165) is 30.0 Å². The number of carbonyl (C=O) groups excluding carboxylic acids is 1. The van der Waals surface area contributed by atoms with Gasteiger partial charge in [-0.1, -0.05) is 29.0 Å². The van der Waals surface area contributed by atoms with Gasteiger partial charge in [0.2, 0.25) is 11.0 Å². The van der Waals surface area contributed by atoms with Crippen molar-refractivity contribution in [2.24, 2.45) is 0 Å². The first kappa shape index (κ1) is 20.0. The Hall–Kier alpha value is -1.74. The van der Waals surface area contributed by atoms with Crippen LogP contribution in [0.1, 0.15) is 29.5 Å². The number of nitrogens with zero attached hydrogens (tertiary/aromatic N) is 3. The van der Waals surface area contributed by atoms with Crippen LogP contribution in [-0.4, -0.2) is 54.4 Å². The van der Waals surface area contributed by atoms with Crippen LogP contribution < -0.4 is 10.1 Å². The Morgan fingerprint density at radius 1 is 1.48 bits per heavy atom. The molecule has 1 aromatic carbocycles. The number of halogens is 1. The van der Waals surface area contributed by atoms with E-state index in [1.54, 1.807) is 0 Å². The molecule has 0 aliphatic carbocycles. The summed E-state index contributed by atoms with van der Waals surface area (Å²) in [6, 6.07) is 5.66. The first-order valence-corrected chi connectivity index (χ1v) is 10.0. The second-order valence-electron chi connectivity index (χ2n) is 6.52. The van der Waals surface area contributed by atoms with E-state index in [4.69, 9.17) is 21.1 Å². The average Bonchev–Trinajstić information content (AvgIpc) is 3.28. The molecular formula is C18H23ClN4O3S. The lowest BCUT2D eigenvalue weighted by molar-refractivity contribution is -0.117. The van der Waals surface area contributed by atoms with Crippen LogP contribution in [-0.2, 0) is 9.53 Å². The zero-order chi connectivity index (χ0) is 19.2. The number of likely N-dealkylation sites (N-methyl/N-ethyl adjacent to an activating group) is 1. The fourth-order valence-corrected chi connectivity index (χ4v) is 3.84. The fraction of sp³-hybridized carbons (Fsp3) is 0.500. The van der Waals surface area contributed by atoms with Gasteiger partial charge in [-0.25, -0.2) is 0 Å². The van der Waals surface area contributed by atoms with Crippen molar-refractivity contribution in [2.75, 3.05) is 38.7 Å². The highest BCUT2D eigenvalue weighted by molar-refractivity contribution is 7.15. The predicted molar refractivity (Wildman–Crippen MR) is 106 cm³/mol. The third-order valence-corrected chi connectivity index (χ3v) is 5.35. The van der Waals surface area contributed by atoms with Crippen molar-refractivity contribution in [1.29, 1.82) is 0 Å². The predicted octanol–water partition coefficient (Wildman–Crippen LogP) is 3.30.